The fourth-order valence-corrected chi connectivity index (χ4v) is 2.27. The van der Waals surface area contributed by atoms with Gasteiger partial charge in [0.25, 0.3) is 0 Å². The molecule has 0 aromatic rings. The van der Waals surface area contributed by atoms with E-state index in [1.165, 1.54) is 44.9 Å². The Morgan fingerprint density at radius 3 is 2.43 bits per heavy atom. The second kappa shape index (κ2) is 7.24. The van der Waals surface area contributed by atoms with Crippen molar-refractivity contribution in [1.29, 1.82) is 0 Å². The van der Waals surface area contributed by atoms with E-state index in [1.54, 1.807) is 0 Å². The Labute approximate surface area is 88.1 Å². The van der Waals surface area contributed by atoms with Crippen LogP contribution in [0.5, 0.6) is 0 Å². The molecule has 1 aliphatic rings. The van der Waals surface area contributed by atoms with Gasteiger partial charge >= 0.3 is 0 Å². The molecular formula is C12H25NO. The third-order valence-corrected chi connectivity index (χ3v) is 3.21. The van der Waals surface area contributed by atoms with Crippen LogP contribution < -0.4 is 5.32 Å². The van der Waals surface area contributed by atoms with Gasteiger partial charge in [-0.2, -0.15) is 0 Å². The number of rotatable bonds is 7. The lowest BCUT2D eigenvalue weighted by atomic mass is 10.1. The van der Waals surface area contributed by atoms with E-state index in [2.05, 4.69) is 12.2 Å². The highest BCUT2D eigenvalue weighted by Crippen LogP contribution is 2.17. The zero-order chi connectivity index (χ0) is 10.2. The van der Waals surface area contributed by atoms with Crippen molar-refractivity contribution in [2.75, 3.05) is 6.61 Å². The molecule has 0 bridgehead atoms. The van der Waals surface area contributed by atoms with E-state index >= 15 is 0 Å². The Hall–Kier alpha value is -0.0800. The van der Waals surface area contributed by atoms with Crippen molar-refractivity contribution in [2.45, 2.75) is 70.4 Å². The molecule has 2 atom stereocenters. The number of hydrogen-bond acceptors (Lipinski definition) is 2. The lowest BCUT2D eigenvalue weighted by Crippen LogP contribution is -2.31. The Morgan fingerprint density at radius 2 is 1.79 bits per heavy atom. The predicted octanol–water partition coefficient (Wildman–Crippen LogP) is 2.46. The second-order valence-corrected chi connectivity index (χ2v) is 4.52. The number of hydrogen-bond donors (Lipinski definition) is 2. The summed E-state index contributed by atoms with van der Waals surface area (Å²) < 4.78 is 0. The van der Waals surface area contributed by atoms with Crippen LogP contribution in [-0.4, -0.2) is 23.8 Å². The van der Waals surface area contributed by atoms with Crippen LogP contribution in [-0.2, 0) is 0 Å². The zero-order valence-corrected chi connectivity index (χ0v) is 9.47. The maximum atomic E-state index is 8.96. The third kappa shape index (κ3) is 4.43. The van der Waals surface area contributed by atoms with Crippen molar-refractivity contribution in [3.8, 4) is 0 Å². The van der Waals surface area contributed by atoms with E-state index < -0.39 is 0 Å². The first-order valence-electron chi connectivity index (χ1n) is 6.23. The van der Waals surface area contributed by atoms with Crippen molar-refractivity contribution in [3.05, 3.63) is 0 Å². The minimum Gasteiger partial charge on any atom is -0.395 e. The van der Waals surface area contributed by atoms with Gasteiger partial charge in [0.15, 0.2) is 0 Å². The SMILES string of the molecule is CCCCCCC[C@H]1CC[C@@H](CO)N1. The van der Waals surface area contributed by atoms with Gasteiger partial charge in [-0.3, -0.25) is 0 Å². The maximum absolute atomic E-state index is 8.96. The molecule has 2 heteroatoms. The highest BCUT2D eigenvalue weighted by atomic mass is 16.3. The number of unbranched alkanes of at least 4 members (excludes halogenated alkanes) is 4. The predicted molar refractivity (Wildman–Crippen MR) is 60.4 cm³/mol. The van der Waals surface area contributed by atoms with E-state index in [0.717, 1.165) is 6.42 Å². The lowest BCUT2D eigenvalue weighted by molar-refractivity contribution is 0.250. The van der Waals surface area contributed by atoms with Crippen LogP contribution >= 0.6 is 0 Å². The minimum atomic E-state index is 0.312. The molecule has 0 spiro atoms. The first kappa shape index (κ1) is 12.0. The Bertz CT molecular complexity index is 138. The molecule has 0 saturated carbocycles. The summed E-state index contributed by atoms with van der Waals surface area (Å²) in [5.74, 6) is 0. The van der Waals surface area contributed by atoms with Crippen molar-refractivity contribution in [2.24, 2.45) is 0 Å². The van der Waals surface area contributed by atoms with E-state index in [0.29, 0.717) is 18.7 Å². The molecule has 0 amide bonds. The summed E-state index contributed by atoms with van der Waals surface area (Å²) in [6.07, 6.45) is 10.6. The molecule has 0 unspecified atom stereocenters. The van der Waals surface area contributed by atoms with Crippen molar-refractivity contribution >= 4 is 0 Å². The molecule has 1 saturated heterocycles. The van der Waals surface area contributed by atoms with E-state index in [9.17, 15) is 0 Å². The standard InChI is InChI=1S/C12H25NO/c1-2-3-4-5-6-7-11-8-9-12(10-14)13-11/h11-14H,2-10H2,1H3/t11-,12-/m0/s1. The summed E-state index contributed by atoms with van der Waals surface area (Å²) in [7, 11) is 0. The molecular weight excluding hydrogens is 174 g/mol. The third-order valence-electron chi connectivity index (χ3n) is 3.21. The molecule has 2 nitrogen and oxygen atoms in total. The minimum absolute atomic E-state index is 0.312. The van der Waals surface area contributed by atoms with Gasteiger partial charge in [-0.05, 0) is 19.3 Å². The van der Waals surface area contributed by atoms with Crippen LogP contribution in [0.3, 0.4) is 0 Å². The van der Waals surface area contributed by atoms with E-state index in [1.807, 2.05) is 0 Å². The number of aliphatic hydroxyl groups excluding tert-OH is 1. The molecule has 1 heterocycles. The van der Waals surface area contributed by atoms with Gasteiger partial charge in [0.1, 0.15) is 0 Å². The second-order valence-electron chi connectivity index (χ2n) is 4.52. The highest BCUT2D eigenvalue weighted by Gasteiger charge is 2.21. The van der Waals surface area contributed by atoms with Crippen LogP contribution in [0.1, 0.15) is 58.3 Å². The van der Waals surface area contributed by atoms with Crippen LogP contribution in [0.25, 0.3) is 0 Å². The molecule has 1 aliphatic heterocycles. The normalized spacial score (nSPS) is 27.0. The average molecular weight is 199 g/mol. The molecule has 0 aromatic heterocycles. The summed E-state index contributed by atoms with van der Waals surface area (Å²) in [4.78, 5) is 0. The van der Waals surface area contributed by atoms with Crippen LogP contribution in [0.2, 0.25) is 0 Å². The summed E-state index contributed by atoms with van der Waals surface area (Å²) >= 11 is 0. The largest absolute Gasteiger partial charge is 0.395 e. The fraction of sp³-hybridized carbons (Fsp3) is 1.00. The Balaban J connectivity index is 1.92. The topological polar surface area (TPSA) is 32.3 Å². The first-order chi connectivity index (χ1) is 6.86. The highest BCUT2D eigenvalue weighted by molar-refractivity contribution is 4.82. The molecule has 0 aliphatic carbocycles. The summed E-state index contributed by atoms with van der Waals surface area (Å²) in [5.41, 5.74) is 0. The summed E-state index contributed by atoms with van der Waals surface area (Å²) in [5, 5.41) is 12.4. The maximum Gasteiger partial charge on any atom is 0.0584 e. The first-order valence-corrected chi connectivity index (χ1v) is 6.23. The van der Waals surface area contributed by atoms with Crippen LogP contribution in [0, 0.1) is 0 Å². The quantitative estimate of drug-likeness (QED) is 0.617. The van der Waals surface area contributed by atoms with E-state index in [-0.39, 0.29) is 0 Å². The monoisotopic (exact) mass is 199 g/mol. The van der Waals surface area contributed by atoms with Crippen molar-refractivity contribution < 1.29 is 5.11 Å². The van der Waals surface area contributed by atoms with Crippen LogP contribution in [0.15, 0.2) is 0 Å². The van der Waals surface area contributed by atoms with E-state index in [4.69, 9.17) is 5.11 Å². The van der Waals surface area contributed by atoms with Gasteiger partial charge in [-0.25, -0.2) is 0 Å². The Kier molecular flexibility index (Phi) is 6.20. The number of aliphatic hydroxyl groups is 1. The average Bonchev–Trinajstić information content (AvgIpc) is 2.65. The fourth-order valence-electron chi connectivity index (χ4n) is 2.27. The smallest absolute Gasteiger partial charge is 0.0584 e. The molecule has 84 valence electrons. The van der Waals surface area contributed by atoms with Crippen LogP contribution in [0.4, 0.5) is 0 Å². The molecule has 2 N–H and O–H groups in total. The van der Waals surface area contributed by atoms with Gasteiger partial charge in [-0.1, -0.05) is 39.0 Å². The van der Waals surface area contributed by atoms with Crippen molar-refractivity contribution in [3.63, 3.8) is 0 Å². The molecule has 1 rings (SSSR count). The summed E-state index contributed by atoms with van der Waals surface area (Å²) in [6.45, 7) is 2.57. The molecule has 0 radical (unpaired) electrons. The van der Waals surface area contributed by atoms with Gasteiger partial charge in [0, 0.05) is 12.1 Å². The number of nitrogens with one attached hydrogen (secondary N) is 1. The van der Waals surface area contributed by atoms with Gasteiger partial charge < -0.3 is 10.4 Å². The molecule has 0 aromatic carbocycles. The molecule has 1 fully saturated rings. The molecule has 14 heavy (non-hydrogen) atoms. The van der Waals surface area contributed by atoms with Crippen molar-refractivity contribution in [1.82, 2.24) is 5.32 Å². The summed E-state index contributed by atoms with van der Waals surface area (Å²) in [6, 6.07) is 1.07. The lowest BCUT2D eigenvalue weighted by Gasteiger charge is -2.12. The van der Waals surface area contributed by atoms with Gasteiger partial charge in [0.2, 0.25) is 0 Å². The van der Waals surface area contributed by atoms with Gasteiger partial charge in [-0.15, -0.1) is 0 Å². The zero-order valence-electron chi connectivity index (χ0n) is 9.47. The Morgan fingerprint density at radius 1 is 1.07 bits per heavy atom. The van der Waals surface area contributed by atoms with Gasteiger partial charge in [0.05, 0.1) is 6.61 Å².